The fourth-order valence-corrected chi connectivity index (χ4v) is 3.09. The number of hydrogen-bond acceptors (Lipinski definition) is 7. The molecule has 1 aliphatic carbocycles. The molecule has 0 aliphatic heterocycles. The van der Waals surface area contributed by atoms with Crippen LogP contribution in [-0.4, -0.2) is 35.6 Å². The van der Waals surface area contributed by atoms with Crippen LogP contribution in [0.4, 0.5) is 11.5 Å². The van der Waals surface area contributed by atoms with E-state index in [1.54, 1.807) is 6.92 Å². The Morgan fingerprint density at radius 1 is 1.52 bits per heavy atom. The molecule has 23 heavy (non-hydrogen) atoms. The summed E-state index contributed by atoms with van der Waals surface area (Å²) in [7, 11) is -4.05. The standard InChI is InChI=1S/C13H20N4O5S/c1-13(18)4-2-9(3-5-13)7-15-12-11(17(19)20)6-10(8-16-12)23(14,21)22/h6,8-9,18H,2-5,7H2,1H3,(H,15,16)(H2,14,21,22)/t9-,13-. The monoisotopic (exact) mass is 344 g/mol. The van der Waals surface area contributed by atoms with E-state index < -0.39 is 31.1 Å². The molecular formula is C13H20N4O5S. The summed E-state index contributed by atoms with van der Waals surface area (Å²) in [5, 5.41) is 28.9. The van der Waals surface area contributed by atoms with E-state index in [2.05, 4.69) is 10.3 Å². The first-order valence-electron chi connectivity index (χ1n) is 7.22. The Balaban J connectivity index is 2.09. The number of sulfonamides is 1. The van der Waals surface area contributed by atoms with Crippen LogP contribution < -0.4 is 10.5 Å². The van der Waals surface area contributed by atoms with Crippen molar-refractivity contribution in [2.24, 2.45) is 11.1 Å². The van der Waals surface area contributed by atoms with E-state index >= 15 is 0 Å². The molecule has 128 valence electrons. The second-order valence-corrected chi connectivity index (χ2v) is 7.72. The van der Waals surface area contributed by atoms with Crippen molar-refractivity contribution in [3.63, 3.8) is 0 Å². The molecule has 2 rings (SSSR count). The third kappa shape index (κ3) is 4.60. The van der Waals surface area contributed by atoms with E-state index in [1.807, 2.05) is 0 Å². The highest BCUT2D eigenvalue weighted by molar-refractivity contribution is 7.89. The lowest BCUT2D eigenvalue weighted by Gasteiger charge is -2.33. The van der Waals surface area contributed by atoms with Crippen LogP contribution >= 0.6 is 0 Å². The minimum Gasteiger partial charge on any atom is -0.390 e. The molecule has 0 spiro atoms. The highest BCUT2D eigenvalue weighted by Gasteiger charge is 2.29. The van der Waals surface area contributed by atoms with Gasteiger partial charge in [-0.25, -0.2) is 18.5 Å². The normalized spacial score (nSPS) is 25.1. The maximum absolute atomic E-state index is 11.3. The number of aromatic nitrogens is 1. The summed E-state index contributed by atoms with van der Waals surface area (Å²) >= 11 is 0. The van der Waals surface area contributed by atoms with Crippen LogP contribution in [0.15, 0.2) is 17.2 Å². The van der Waals surface area contributed by atoms with Gasteiger partial charge in [-0.3, -0.25) is 10.1 Å². The summed E-state index contributed by atoms with van der Waals surface area (Å²) in [5.41, 5.74) is -1.07. The maximum atomic E-state index is 11.3. The van der Waals surface area contributed by atoms with Crippen molar-refractivity contribution in [1.82, 2.24) is 4.98 Å². The number of nitro groups is 1. The zero-order valence-corrected chi connectivity index (χ0v) is 13.5. The van der Waals surface area contributed by atoms with Crippen molar-refractivity contribution in [2.75, 3.05) is 11.9 Å². The fourth-order valence-electron chi connectivity index (χ4n) is 2.61. The van der Waals surface area contributed by atoms with Crippen LogP contribution in [0.1, 0.15) is 32.6 Å². The van der Waals surface area contributed by atoms with Crippen molar-refractivity contribution in [2.45, 2.75) is 43.1 Å². The molecule has 1 aromatic heterocycles. The largest absolute Gasteiger partial charge is 0.390 e. The Morgan fingerprint density at radius 3 is 2.65 bits per heavy atom. The summed E-state index contributed by atoms with van der Waals surface area (Å²) in [4.78, 5) is 13.8. The lowest BCUT2D eigenvalue weighted by molar-refractivity contribution is -0.384. The number of rotatable bonds is 5. The van der Waals surface area contributed by atoms with Gasteiger partial charge in [0.1, 0.15) is 4.90 Å². The second kappa shape index (κ2) is 6.38. The molecule has 0 bridgehead atoms. The predicted octanol–water partition coefficient (Wildman–Crippen LogP) is 0.990. The van der Waals surface area contributed by atoms with Crippen LogP contribution in [0.5, 0.6) is 0 Å². The van der Waals surface area contributed by atoms with E-state index in [9.17, 15) is 23.6 Å². The summed E-state index contributed by atoms with van der Waals surface area (Å²) in [6.45, 7) is 2.27. The molecule has 0 saturated heterocycles. The Bertz CT molecular complexity index is 694. The van der Waals surface area contributed by atoms with Gasteiger partial charge in [-0.05, 0) is 38.5 Å². The first kappa shape index (κ1) is 17.6. The SMILES string of the molecule is C[C@]1(O)CC[C@H](CNc2ncc(S(N)(=O)=O)cc2[N+](=O)[O-])CC1. The number of nitrogens with zero attached hydrogens (tertiary/aromatic N) is 2. The molecular weight excluding hydrogens is 324 g/mol. The number of nitrogens with one attached hydrogen (secondary N) is 1. The molecule has 1 aliphatic rings. The average molecular weight is 344 g/mol. The first-order chi connectivity index (χ1) is 10.6. The van der Waals surface area contributed by atoms with Gasteiger partial charge in [0, 0.05) is 18.8 Å². The van der Waals surface area contributed by atoms with Gasteiger partial charge in [-0.2, -0.15) is 0 Å². The third-order valence-electron chi connectivity index (χ3n) is 4.11. The van der Waals surface area contributed by atoms with Crippen molar-refractivity contribution < 1.29 is 18.4 Å². The van der Waals surface area contributed by atoms with Gasteiger partial charge >= 0.3 is 5.69 Å². The summed E-state index contributed by atoms with van der Waals surface area (Å²) in [6.07, 6.45) is 3.97. The van der Waals surface area contributed by atoms with Crippen molar-refractivity contribution in [3.8, 4) is 0 Å². The first-order valence-corrected chi connectivity index (χ1v) is 8.77. The number of anilines is 1. The molecule has 9 nitrogen and oxygen atoms in total. The number of nitrogens with two attached hydrogens (primary N) is 1. The molecule has 4 N–H and O–H groups in total. The van der Waals surface area contributed by atoms with Crippen molar-refractivity contribution in [1.29, 1.82) is 0 Å². The molecule has 10 heteroatoms. The molecule has 1 saturated carbocycles. The topological polar surface area (TPSA) is 148 Å². The van der Waals surface area contributed by atoms with E-state index in [0.717, 1.165) is 25.1 Å². The fraction of sp³-hybridized carbons (Fsp3) is 0.615. The Morgan fingerprint density at radius 2 is 2.13 bits per heavy atom. The predicted molar refractivity (Wildman–Crippen MR) is 83.3 cm³/mol. The minimum atomic E-state index is -4.05. The lowest BCUT2D eigenvalue weighted by atomic mass is 9.80. The molecule has 1 heterocycles. The van der Waals surface area contributed by atoms with E-state index in [1.165, 1.54) is 0 Å². The van der Waals surface area contributed by atoms with Crippen LogP contribution in [-0.2, 0) is 10.0 Å². The van der Waals surface area contributed by atoms with Gasteiger partial charge in [0.2, 0.25) is 15.8 Å². The molecule has 0 radical (unpaired) electrons. The number of hydrogen-bond donors (Lipinski definition) is 3. The van der Waals surface area contributed by atoms with E-state index in [4.69, 9.17) is 5.14 Å². The van der Waals surface area contributed by atoms with Gasteiger partial charge in [0.15, 0.2) is 0 Å². The van der Waals surface area contributed by atoms with E-state index in [-0.39, 0.29) is 11.7 Å². The summed E-state index contributed by atoms with van der Waals surface area (Å²) in [5.74, 6) is 0.286. The number of aliphatic hydroxyl groups is 1. The Kier molecular flexibility index (Phi) is 4.87. The summed E-state index contributed by atoms with van der Waals surface area (Å²) in [6, 6.07) is 0.899. The highest BCUT2D eigenvalue weighted by Crippen LogP contribution is 2.32. The molecule has 0 aromatic carbocycles. The minimum absolute atomic E-state index is 0.0136. The zero-order chi connectivity index (χ0) is 17.3. The molecule has 0 atom stereocenters. The summed E-state index contributed by atoms with van der Waals surface area (Å²) < 4.78 is 22.5. The van der Waals surface area contributed by atoms with Gasteiger partial charge in [-0.15, -0.1) is 0 Å². The van der Waals surface area contributed by atoms with Gasteiger partial charge in [0.05, 0.1) is 10.5 Å². The second-order valence-electron chi connectivity index (χ2n) is 6.16. The maximum Gasteiger partial charge on any atom is 0.312 e. The molecule has 1 fully saturated rings. The molecule has 0 unspecified atom stereocenters. The number of pyridine rings is 1. The zero-order valence-electron chi connectivity index (χ0n) is 12.7. The third-order valence-corrected chi connectivity index (χ3v) is 4.99. The van der Waals surface area contributed by atoms with E-state index in [0.29, 0.717) is 19.4 Å². The smallest absolute Gasteiger partial charge is 0.312 e. The van der Waals surface area contributed by atoms with Crippen molar-refractivity contribution >= 4 is 21.5 Å². The van der Waals surface area contributed by atoms with Crippen molar-refractivity contribution in [3.05, 3.63) is 22.4 Å². The molecule has 0 amide bonds. The highest BCUT2D eigenvalue weighted by atomic mass is 32.2. The number of primary sulfonamides is 1. The lowest BCUT2D eigenvalue weighted by Crippen LogP contribution is -2.32. The van der Waals surface area contributed by atoms with Crippen LogP contribution in [0, 0.1) is 16.0 Å². The van der Waals surface area contributed by atoms with Crippen LogP contribution in [0.25, 0.3) is 0 Å². The molecule has 1 aromatic rings. The van der Waals surface area contributed by atoms with Gasteiger partial charge in [0.25, 0.3) is 0 Å². The van der Waals surface area contributed by atoms with Gasteiger partial charge in [-0.1, -0.05) is 0 Å². The quantitative estimate of drug-likeness (QED) is 0.532. The Labute approximate surface area is 134 Å². The Hall–Kier alpha value is -1.78. The van der Waals surface area contributed by atoms with Gasteiger partial charge < -0.3 is 10.4 Å². The van der Waals surface area contributed by atoms with Crippen LogP contribution in [0.3, 0.4) is 0 Å². The average Bonchev–Trinajstić information content (AvgIpc) is 2.45. The van der Waals surface area contributed by atoms with Crippen LogP contribution in [0.2, 0.25) is 0 Å².